The maximum Gasteiger partial charge on any atom is 0.110 e. The summed E-state index contributed by atoms with van der Waals surface area (Å²) in [4.78, 5) is 19.0. The van der Waals surface area contributed by atoms with Gasteiger partial charge in [-0.2, -0.15) is 0 Å². The summed E-state index contributed by atoms with van der Waals surface area (Å²) >= 11 is 0. The van der Waals surface area contributed by atoms with Gasteiger partial charge in [0.05, 0.1) is 46.5 Å². The van der Waals surface area contributed by atoms with Gasteiger partial charge in [0.25, 0.3) is 0 Å². The lowest BCUT2D eigenvalue weighted by molar-refractivity contribution is 0.633. The maximum atomic E-state index is 4.97. The van der Waals surface area contributed by atoms with Gasteiger partial charge in [0.2, 0.25) is 0 Å². The minimum Gasteiger partial charge on any atom is -0.322 e. The number of imidazole rings is 2. The first-order chi connectivity index (χ1) is 17.8. The zero-order valence-electron chi connectivity index (χ0n) is 20.2. The van der Waals surface area contributed by atoms with Crippen LogP contribution >= 0.6 is 0 Å². The van der Waals surface area contributed by atoms with E-state index in [9.17, 15) is 0 Å². The maximum absolute atomic E-state index is 4.97. The lowest BCUT2D eigenvalue weighted by Gasteiger charge is -2.10. The standard InChI is InChI=1S/C30H28N6/c1-3-15-27-25(13-1)33-29(35(27)21-23-11-7-9-19-31-23)17-5-6-18-30-34-26-14-2-4-16-28(26)36(30)22-24-12-8-10-20-32-24/h1-4,7-16,19-20H,5-6,17-18,21-22H2. The van der Waals surface area contributed by atoms with Crippen LogP contribution in [0.15, 0.2) is 97.3 Å². The highest BCUT2D eigenvalue weighted by Gasteiger charge is 2.14. The molecule has 178 valence electrons. The van der Waals surface area contributed by atoms with Crippen molar-refractivity contribution in [1.82, 2.24) is 29.1 Å². The Morgan fingerprint density at radius 2 is 0.944 bits per heavy atom. The fourth-order valence-corrected chi connectivity index (χ4v) is 4.86. The third kappa shape index (κ3) is 4.62. The predicted octanol–water partition coefficient (Wildman–Crippen LogP) is 5.84. The summed E-state index contributed by atoms with van der Waals surface area (Å²) in [6.07, 6.45) is 7.62. The van der Waals surface area contributed by atoms with Crippen molar-refractivity contribution in [2.24, 2.45) is 0 Å². The summed E-state index contributed by atoms with van der Waals surface area (Å²) in [5, 5.41) is 0. The molecule has 6 aromatic rings. The average molecular weight is 473 g/mol. The Balaban J connectivity index is 1.19. The van der Waals surface area contributed by atoms with E-state index in [1.54, 1.807) is 0 Å². The lowest BCUT2D eigenvalue weighted by Crippen LogP contribution is -2.08. The molecule has 0 atom stereocenters. The molecule has 0 radical (unpaired) electrons. The van der Waals surface area contributed by atoms with Crippen LogP contribution in [-0.2, 0) is 25.9 Å². The number of benzene rings is 2. The van der Waals surface area contributed by atoms with Gasteiger partial charge in [-0.3, -0.25) is 9.97 Å². The third-order valence-corrected chi connectivity index (χ3v) is 6.61. The van der Waals surface area contributed by atoms with E-state index < -0.39 is 0 Å². The first-order valence-corrected chi connectivity index (χ1v) is 12.5. The van der Waals surface area contributed by atoms with E-state index in [0.29, 0.717) is 0 Å². The van der Waals surface area contributed by atoms with Gasteiger partial charge < -0.3 is 9.13 Å². The zero-order chi connectivity index (χ0) is 24.2. The highest BCUT2D eigenvalue weighted by molar-refractivity contribution is 5.76. The molecule has 0 saturated heterocycles. The normalized spacial score (nSPS) is 11.4. The van der Waals surface area contributed by atoms with Gasteiger partial charge in [-0.05, 0) is 61.4 Å². The molecule has 0 amide bonds. The Bertz CT molecular complexity index is 1460. The van der Waals surface area contributed by atoms with E-state index in [1.807, 2.05) is 36.7 Å². The van der Waals surface area contributed by atoms with Gasteiger partial charge in [-0.1, -0.05) is 36.4 Å². The van der Waals surface area contributed by atoms with E-state index in [4.69, 9.17) is 9.97 Å². The number of nitrogens with zero attached hydrogens (tertiary/aromatic N) is 6. The molecular weight excluding hydrogens is 444 g/mol. The predicted molar refractivity (Wildman–Crippen MR) is 143 cm³/mol. The molecule has 2 aromatic carbocycles. The summed E-state index contributed by atoms with van der Waals surface area (Å²) in [5.74, 6) is 2.23. The molecule has 4 aromatic heterocycles. The number of pyridine rings is 2. The molecule has 0 spiro atoms. The van der Waals surface area contributed by atoms with E-state index in [2.05, 4.69) is 79.8 Å². The molecule has 0 aliphatic rings. The van der Waals surface area contributed by atoms with Crippen molar-refractivity contribution in [2.45, 2.75) is 38.8 Å². The number of aryl methyl sites for hydroxylation is 2. The van der Waals surface area contributed by atoms with E-state index in [-0.39, 0.29) is 0 Å². The number of unbranched alkanes of at least 4 members (excludes halogenated alkanes) is 1. The number of fused-ring (bicyclic) bond motifs is 2. The SMILES string of the molecule is c1ccc(Cn2c(CCCCc3nc4ccccc4n3Cc3ccccn3)nc3ccccc32)nc1. The molecule has 6 nitrogen and oxygen atoms in total. The van der Waals surface area contributed by atoms with E-state index >= 15 is 0 Å². The van der Waals surface area contributed by atoms with Crippen molar-refractivity contribution < 1.29 is 0 Å². The van der Waals surface area contributed by atoms with Crippen molar-refractivity contribution in [3.63, 3.8) is 0 Å². The first kappa shape index (κ1) is 22.2. The van der Waals surface area contributed by atoms with Crippen LogP contribution < -0.4 is 0 Å². The van der Waals surface area contributed by atoms with Gasteiger partial charge in [0.15, 0.2) is 0 Å². The average Bonchev–Trinajstić information content (AvgIpc) is 3.45. The van der Waals surface area contributed by atoms with E-state index in [0.717, 1.165) is 83.9 Å². The summed E-state index contributed by atoms with van der Waals surface area (Å²) in [5.41, 5.74) is 6.50. The van der Waals surface area contributed by atoms with Crippen molar-refractivity contribution >= 4 is 22.1 Å². The van der Waals surface area contributed by atoms with Crippen LogP contribution in [0.2, 0.25) is 0 Å². The molecule has 0 aliphatic heterocycles. The number of para-hydroxylation sites is 4. The second kappa shape index (κ2) is 10.1. The van der Waals surface area contributed by atoms with Gasteiger partial charge in [0.1, 0.15) is 11.6 Å². The molecular formula is C30H28N6. The minimum absolute atomic E-state index is 0.733. The lowest BCUT2D eigenvalue weighted by atomic mass is 10.1. The van der Waals surface area contributed by atoms with Crippen LogP contribution in [0.4, 0.5) is 0 Å². The Morgan fingerprint density at radius 1 is 0.500 bits per heavy atom. The Morgan fingerprint density at radius 3 is 1.39 bits per heavy atom. The molecule has 4 heterocycles. The van der Waals surface area contributed by atoms with Crippen LogP contribution in [0.1, 0.15) is 35.9 Å². The summed E-state index contributed by atoms with van der Waals surface area (Å²) < 4.78 is 4.63. The van der Waals surface area contributed by atoms with Crippen LogP contribution in [0.5, 0.6) is 0 Å². The van der Waals surface area contributed by atoms with E-state index in [1.165, 1.54) is 0 Å². The molecule has 0 unspecified atom stereocenters. The van der Waals surface area contributed by atoms with Gasteiger partial charge >= 0.3 is 0 Å². The largest absolute Gasteiger partial charge is 0.322 e. The monoisotopic (exact) mass is 472 g/mol. The fraction of sp³-hybridized carbons (Fsp3) is 0.200. The number of aromatic nitrogens is 6. The zero-order valence-corrected chi connectivity index (χ0v) is 20.2. The highest BCUT2D eigenvalue weighted by Crippen LogP contribution is 2.21. The molecule has 6 rings (SSSR count). The summed E-state index contributed by atoms with van der Waals surface area (Å²) in [6.45, 7) is 1.47. The van der Waals surface area contributed by atoms with Crippen LogP contribution in [0.25, 0.3) is 22.1 Å². The molecule has 6 heteroatoms. The molecule has 0 aliphatic carbocycles. The Kier molecular flexibility index (Phi) is 6.23. The quantitative estimate of drug-likeness (QED) is 0.248. The second-order valence-corrected chi connectivity index (χ2v) is 9.06. The van der Waals surface area contributed by atoms with Crippen LogP contribution in [-0.4, -0.2) is 29.1 Å². The van der Waals surface area contributed by atoms with Crippen LogP contribution in [0.3, 0.4) is 0 Å². The Hall–Kier alpha value is -4.32. The first-order valence-electron chi connectivity index (χ1n) is 12.5. The van der Waals surface area contributed by atoms with Gasteiger partial charge in [-0.15, -0.1) is 0 Å². The van der Waals surface area contributed by atoms with Crippen molar-refractivity contribution in [3.8, 4) is 0 Å². The minimum atomic E-state index is 0.733. The number of rotatable bonds is 9. The van der Waals surface area contributed by atoms with Crippen molar-refractivity contribution in [1.29, 1.82) is 0 Å². The third-order valence-electron chi connectivity index (χ3n) is 6.61. The molecule has 0 fully saturated rings. The second-order valence-electron chi connectivity index (χ2n) is 9.06. The number of hydrogen-bond donors (Lipinski definition) is 0. The molecule has 0 saturated carbocycles. The molecule has 36 heavy (non-hydrogen) atoms. The van der Waals surface area contributed by atoms with Crippen LogP contribution in [0, 0.1) is 0 Å². The topological polar surface area (TPSA) is 61.4 Å². The molecule has 0 bridgehead atoms. The van der Waals surface area contributed by atoms with Crippen molar-refractivity contribution in [2.75, 3.05) is 0 Å². The smallest absolute Gasteiger partial charge is 0.110 e. The fourth-order valence-electron chi connectivity index (χ4n) is 4.86. The number of hydrogen-bond acceptors (Lipinski definition) is 4. The summed E-state index contributed by atoms with van der Waals surface area (Å²) in [7, 11) is 0. The Labute approximate surface area is 210 Å². The van der Waals surface area contributed by atoms with Gasteiger partial charge in [-0.25, -0.2) is 9.97 Å². The van der Waals surface area contributed by atoms with Crippen molar-refractivity contribution in [3.05, 3.63) is 120 Å². The van der Waals surface area contributed by atoms with Gasteiger partial charge in [0, 0.05) is 25.2 Å². The molecule has 0 N–H and O–H groups in total. The summed E-state index contributed by atoms with van der Waals surface area (Å²) in [6, 6.07) is 28.9. The highest BCUT2D eigenvalue weighted by atomic mass is 15.1.